The summed E-state index contributed by atoms with van der Waals surface area (Å²) in [5.41, 5.74) is 0. The van der Waals surface area contributed by atoms with Crippen LogP contribution in [0.5, 0.6) is 0 Å². The van der Waals surface area contributed by atoms with E-state index in [1.54, 1.807) is 0 Å². The van der Waals surface area contributed by atoms with Gasteiger partial charge in [-0.3, -0.25) is 0 Å². The quantitative estimate of drug-likeness (QED) is 0.586. The van der Waals surface area contributed by atoms with E-state index in [2.05, 4.69) is 13.8 Å². The molecule has 0 unspecified atom stereocenters. The second-order valence-electron chi connectivity index (χ2n) is 5.10. The van der Waals surface area contributed by atoms with Gasteiger partial charge in [-0.1, -0.05) is 75.9 Å². The Labute approximate surface area is 121 Å². The maximum atomic E-state index is 5.25. The van der Waals surface area contributed by atoms with E-state index < -0.39 is 0 Å². The maximum Gasteiger partial charge on any atom is 0.0522 e. The molecule has 0 spiro atoms. The minimum Gasteiger partial charge on any atom is -0.376 e. The summed E-state index contributed by atoms with van der Waals surface area (Å²) in [5, 5.41) is 0. The van der Waals surface area contributed by atoms with Crippen LogP contribution in [0.1, 0.15) is 67.2 Å². The Morgan fingerprint density at radius 2 is 0.895 bits per heavy atom. The lowest BCUT2D eigenvalue weighted by molar-refractivity contribution is 0.0300. The molecule has 19 heavy (non-hydrogen) atoms. The zero-order chi connectivity index (χ0) is 14.9. The number of benzene rings is 1. The molecule has 0 saturated heterocycles. The van der Waals surface area contributed by atoms with Crippen molar-refractivity contribution in [1.82, 2.24) is 0 Å². The molecule has 1 rings (SSSR count). The van der Waals surface area contributed by atoms with E-state index >= 15 is 0 Å². The molecule has 1 nitrogen and oxygen atoms in total. The summed E-state index contributed by atoms with van der Waals surface area (Å²) in [7, 11) is 0. The van der Waals surface area contributed by atoms with E-state index in [-0.39, 0.29) is 0 Å². The first kappa shape index (κ1) is 20.5. The second kappa shape index (κ2) is 17.2. The summed E-state index contributed by atoms with van der Waals surface area (Å²) in [6.07, 6.45) is 6.29. The van der Waals surface area contributed by atoms with Gasteiger partial charge in [-0.2, -0.15) is 0 Å². The fraction of sp³-hybridized carbons (Fsp3) is 0.667. The second-order valence-corrected chi connectivity index (χ2v) is 5.10. The third-order valence-electron chi connectivity index (χ3n) is 2.17. The van der Waals surface area contributed by atoms with Gasteiger partial charge in [-0.25, -0.2) is 0 Å². The van der Waals surface area contributed by atoms with E-state index in [1.807, 2.05) is 64.1 Å². The third kappa shape index (κ3) is 26.7. The zero-order valence-corrected chi connectivity index (χ0v) is 13.9. The number of rotatable bonds is 5. The summed E-state index contributed by atoms with van der Waals surface area (Å²) >= 11 is 0. The van der Waals surface area contributed by atoms with Crippen molar-refractivity contribution in [3.63, 3.8) is 0 Å². The number of ether oxygens (including phenoxy) is 1. The van der Waals surface area contributed by atoms with Crippen molar-refractivity contribution >= 4 is 0 Å². The molecule has 0 aliphatic carbocycles. The Kier molecular flexibility index (Phi) is 18.5. The molecule has 0 amide bonds. The molecule has 1 aromatic carbocycles. The average molecular weight is 266 g/mol. The van der Waals surface area contributed by atoms with Crippen LogP contribution in [-0.4, -0.2) is 12.2 Å². The van der Waals surface area contributed by atoms with Crippen LogP contribution in [-0.2, 0) is 4.74 Å². The van der Waals surface area contributed by atoms with Crippen LogP contribution < -0.4 is 0 Å². The monoisotopic (exact) mass is 266 g/mol. The molecule has 0 fully saturated rings. The lowest BCUT2D eigenvalue weighted by Crippen LogP contribution is -2.09. The van der Waals surface area contributed by atoms with Gasteiger partial charge in [0.1, 0.15) is 0 Å². The van der Waals surface area contributed by atoms with Gasteiger partial charge in [-0.15, -0.1) is 0 Å². The van der Waals surface area contributed by atoms with E-state index in [1.165, 1.54) is 25.7 Å². The molecule has 0 aliphatic rings. The molecule has 0 atom stereocenters. The van der Waals surface area contributed by atoms with E-state index in [4.69, 9.17) is 4.74 Å². The molecule has 0 aliphatic heterocycles. The SMILES string of the molecule is CC(C)OC(C)C.CCCCCC.c1ccccc1. The Balaban J connectivity index is 0. The van der Waals surface area contributed by atoms with Crippen molar-refractivity contribution in [2.24, 2.45) is 0 Å². The first-order chi connectivity index (χ1) is 9.04. The van der Waals surface area contributed by atoms with Crippen molar-refractivity contribution in [1.29, 1.82) is 0 Å². The van der Waals surface area contributed by atoms with Crippen molar-refractivity contribution in [2.45, 2.75) is 79.4 Å². The van der Waals surface area contributed by atoms with E-state index in [0.29, 0.717) is 12.2 Å². The molecule has 1 heteroatoms. The van der Waals surface area contributed by atoms with Gasteiger partial charge in [0, 0.05) is 0 Å². The molecule has 1 aromatic rings. The highest BCUT2D eigenvalue weighted by atomic mass is 16.5. The van der Waals surface area contributed by atoms with E-state index in [9.17, 15) is 0 Å². The summed E-state index contributed by atoms with van der Waals surface area (Å²) in [6.45, 7) is 12.6. The van der Waals surface area contributed by atoms with Crippen LogP contribution in [0.3, 0.4) is 0 Å². The summed E-state index contributed by atoms with van der Waals surface area (Å²) in [5.74, 6) is 0. The Morgan fingerprint density at radius 1 is 0.632 bits per heavy atom. The normalized spacial score (nSPS) is 9.47. The van der Waals surface area contributed by atoms with Crippen LogP contribution in [0.25, 0.3) is 0 Å². The third-order valence-corrected chi connectivity index (χ3v) is 2.17. The van der Waals surface area contributed by atoms with Gasteiger partial charge in [0.25, 0.3) is 0 Å². The lowest BCUT2D eigenvalue weighted by atomic mass is 10.2. The number of unbranched alkanes of at least 4 members (excludes halogenated alkanes) is 3. The molecular formula is C18H34O. The van der Waals surface area contributed by atoms with Gasteiger partial charge in [0.15, 0.2) is 0 Å². The van der Waals surface area contributed by atoms with Gasteiger partial charge in [0.05, 0.1) is 12.2 Å². The predicted molar refractivity (Wildman–Crippen MR) is 87.6 cm³/mol. The molecule has 0 N–H and O–H groups in total. The first-order valence-corrected chi connectivity index (χ1v) is 7.70. The Hall–Kier alpha value is -0.820. The standard InChI is InChI=1S/C6H14O.C6H6.C6H14/c1-5(2)7-6(3)4;1-2-4-6-5-3-1;1-3-5-6-4-2/h5-6H,1-4H3;1-6H;3-6H2,1-2H3. The van der Waals surface area contributed by atoms with Gasteiger partial charge < -0.3 is 4.74 Å². The average Bonchev–Trinajstić information content (AvgIpc) is 2.38. The largest absolute Gasteiger partial charge is 0.376 e. The molecule has 0 saturated carbocycles. The molecule has 0 heterocycles. The van der Waals surface area contributed by atoms with Gasteiger partial charge in [0.2, 0.25) is 0 Å². The molecular weight excluding hydrogens is 232 g/mol. The maximum absolute atomic E-state index is 5.25. The van der Waals surface area contributed by atoms with Crippen LogP contribution in [0.2, 0.25) is 0 Å². The highest BCUT2D eigenvalue weighted by Gasteiger charge is 1.94. The minimum absolute atomic E-state index is 0.375. The van der Waals surface area contributed by atoms with Crippen molar-refractivity contribution in [3.05, 3.63) is 36.4 Å². The topological polar surface area (TPSA) is 9.23 Å². The fourth-order valence-corrected chi connectivity index (χ4v) is 1.43. The van der Waals surface area contributed by atoms with Crippen LogP contribution in [0.15, 0.2) is 36.4 Å². The highest BCUT2D eigenvalue weighted by molar-refractivity contribution is 4.99. The fourth-order valence-electron chi connectivity index (χ4n) is 1.43. The van der Waals surface area contributed by atoms with Crippen molar-refractivity contribution in [2.75, 3.05) is 0 Å². The summed E-state index contributed by atoms with van der Waals surface area (Å²) < 4.78 is 5.25. The van der Waals surface area contributed by atoms with Crippen LogP contribution in [0.4, 0.5) is 0 Å². The predicted octanol–water partition coefficient (Wildman–Crippen LogP) is 6.09. The highest BCUT2D eigenvalue weighted by Crippen LogP contribution is 1.95. The number of hydrogen-bond acceptors (Lipinski definition) is 1. The smallest absolute Gasteiger partial charge is 0.0522 e. The lowest BCUT2D eigenvalue weighted by Gasteiger charge is -2.09. The van der Waals surface area contributed by atoms with Gasteiger partial charge in [-0.05, 0) is 27.7 Å². The Morgan fingerprint density at radius 3 is 1.00 bits per heavy atom. The molecule has 0 radical (unpaired) electrons. The van der Waals surface area contributed by atoms with Crippen molar-refractivity contribution in [3.8, 4) is 0 Å². The molecule has 0 aromatic heterocycles. The van der Waals surface area contributed by atoms with Crippen molar-refractivity contribution < 1.29 is 4.74 Å². The summed E-state index contributed by atoms with van der Waals surface area (Å²) in [6, 6.07) is 12.0. The first-order valence-electron chi connectivity index (χ1n) is 7.70. The molecule has 0 bridgehead atoms. The minimum atomic E-state index is 0.375. The summed E-state index contributed by atoms with van der Waals surface area (Å²) in [4.78, 5) is 0. The van der Waals surface area contributed by atoms with Crippen LogP contribution >= 0.6 is 0 Å². The Bertz CT molecular complexity index is 192. The van der Waals surface area contributed by atoms with Gasteiger partial charge >= 0.3 is 0 Å². The van der Waals surface area contributed by atoms with E-state index in [0.717, 1.165) is 0 Å². The van der Waals surface area contributed by atoms with Crippen LogP contribution in [0, 0.1) is 0 Å². The molecule has 112 valence electrons. The number of hydrogen-bond donors (Lipinski definition) is 0. The zero-order valence-electron chi connectivity index (χ0n) is 13.9.